The lowest BCUT2D eigenvalue weighted by molar-refractivity contribution is 0.151. The van der Waals surface area contributed by atoms with Gasteiger partial charge in [-0.1, -0.05) is 30.7 Å². The van der Waals surface area contributed by atoms with Gasteiger partial charge in [-0.05, 0) is 62.4 Å². The second-order valence-electron chi connectivity index (χ2n) is 9.18. The minimum absolute atomic E-state index is 0.613. The van der Waals surface area contributed by atoms with E-state index in [1.807, 2.05) is 7.05 Å². The Kier molecular flexibility index (Phi) is 6.22. The minimum Gasteiger partial charge on any atom is -0.352 e. The number of nitrogens with one attached hydrogen (secondary N) is 1. The normalized spacial score (nSPS) is 23.6. The molecule has 28 heavy (non-hydrogen) atoms. The van der Waals surface area contributed by atoms with Gasteiger partial charge in [0.05, 0.1) is 0 Å². The Bertz CT molecular complexity index is 664. The van der Waals surface area contributed by atoms with Crippen molar-refractivity contribution in [3.8, 4) is 0 Å². The first kappa shape index (κ1) is 19.7. The summed E-state index contributed by atoms with van der Waals surface area (Å²) in [5.41, 5.74) is 3.36. The monoisotopic (exact) mass is 383 g/mol. The van der Waals surface area contributed by atoms with Crippen molar-refractivity contribution in [2.24, 2.45) is 10.4 Å². The molecule has 2 heterocycles. The first-order valence-electron chi connectivity index (χ1n) is 11.1. The molecule has 0 amide bonds. The standard InChI is InChI=1S/C23H37N5/c1-24-22(28-14-11-23(19-28)9-3-10-23)25-17-20-5-7-21(8-6-20)18-27-13-4-12-26(2)15-16-27/h5-8H,3-4,9-19H2,1-2H3,(H,24,25). The van der Waals surface area contributed by atoms with Crippen LogP contribution in [0, 0.1) is 5.41 Å². The average molecular weight is 384 g/mol. The van der Waals surface area contributed by atoms with Gasteiger partial charge in [-0.2, -0.15) is 0 Å². The van der Waals surface area contributed by atoms with Gasteiger partial charge in [-0.15, -0.1) is 0 Å². The summed E-state index contributed by atoms with van der Waals surface area (Å²) < 4.78 is 0. The number of guanidine groups is 1. The summed E-state index contributed by atoms with van der Waals surface area (Å²) in [4.78, 5) is 12.0. The fourth-order valence-corrected chi connectivity index (χ4v) is 4.99. The number of likely N-dealkylation sites (N-methyl/N-ethyl adjacent to an activating group) is 1. The number of likely N-dealkylation sites (tertiary alicyclic amines) is 1. The first-order chi connectivity index (χ1) is 13.7. The highest BCUT2D eigenvalue weighted by Crippen LogP contribution is 2.47. The molecule has 1 aromatic rings. The van der Waals surface area contributed by atoms with E-state index in [0.29, 0.717) is 5.41 Å². The van der Waals surface area contributed by atoms with Crippen LogP contribution >= 0.6 is 0 Å². The summed E-state index contributed by atoms with van der Waals surface area (Å²) in [6.07, 6.45) is 6.86. The third-order valence-corrected chi connectivity index (χ3v) is 7.06. The number of rotatable bonds is 4. The Hall–Kier alpha value is -1.59. The van der Waals surface area contributed by atoms with E-state index < -0.39 is 0 Å². The largest absolute Gasteiger partial charge is 0.352 e. The molecular formula is C23H37N5. The van der Waals surface area contributed by atoms with E-state index in [4.69, 9.17) is 0 Å². The van der Waals surface area contributed by atoms with Crippen molar-refractivity contribution < 1.29 is 0 Å². The van der Waals surface area contributed by atoms with Crippen LogP contribution < -0.4 is 5.32 Å². The summed E-state index contributed by atoms with van der Waals surface area (Å²) in [6.45, 7) is 9.05. The van der Waals surface area contributed by atoms with Gasteiger partial charge in [0.1, 0.15) is 0 Å². The molecule has 0 atom stereocenters. The van der Waals surface area contributed by atoms with E-state index in [1.165, 1.54) is 76.0 Å². The van der Waals surface area contributed by atoms with E-state index in [1.54, 1.807) is 0 Å². The van der Waals surface area contributed by atoms with Crippen LogP contribution in [0.4, 0.5) is 0 Å². The van der Waals surface area contributed by atoms with Crippen molar-refractivity contribution in [2.45, 2.75) is 45.2 Å². The molecule has 1 saturated carbocycles. The van der Waals surface area contributed by atoms with E-state index in [9.17, 15) is 0 Å². The molecule has 1 spiro atoms. The van der Waals surface area contributed by atoms with E-state index >= 15 is 0 Å². The van der Waals surface area contributed by atoms with Gasteiger partial charge in [-0.3, -0.25) is 9.89 Å². The minimum atomic E-state index is 0.613. The molecule has 0 radical (unpaired) electrons. The molecular weight excluding hydrogens is 346 g/mol. The maximum Gasteiger partial charge on any atom is 0.193 e. The predicted octanol–water partition coefficient (Wildman–Crippen LogP) is 2.78. The van der Waals surface area contributed by atoms with Crippen molar-refractivity contribution in [3.63, 3.8) is 0 Å². The van der Waals surface area contributed by atoms with Crippen LogP contribution in [0.3, 0.4) is 0 Å². The second kappa shape index (κ2) is 8.83. The van der Waals surface area contributed by atoms with Crippen LogP contribution in [0.5, 0.6) is 0 Å². The smallest absolute Gasteiger partial charge is 0.193 e. The van der Waals surface area contributed by atoms with Gasteiger partial charge in [0.15, 0.2) is 5.96 Å². The number of benzene rings is 1. The molecule has 0 unspecified atom stereocenters. The van der Waals surface area contributed by atoms with Crippen molar-refractivity contribution >= 4 is 5.96 Å². The predicted molar refractivity (Wildman–Crippen MR) is 117 cm³/mol. The number of nitrogens with zero attached hydrogens (tertiary/aromatic N) is 4. The first-order valence-corrected chi connectivity index (χ1v) is 11.1. The van der Waals surface area contributed by atoms with Crippen molar-refractivity contribution in [1.29, 1.82) is 0 Å². The lowest BCUT2D eigenvalue weighted by atomic mass is 9.68. The average Bonchev–Trinajstić information content (AvgIpc) is 3.04. The van der Waals surface area contributed by atoms with Gasteiger partial charge in [0.2, 0.25) is 0 Å². The fourth-order valence-electron chi connectivity index (χ4n) is 4.99. The molecule has 3 fully saturated rings. The molecule has 1 N–H and O–H groups in total. The Morgan fingerprint density at radius 1 is 0.964 bits per heavy atom. The summed E-state index contributed by atoms with van der Waals surface area (Å²) >= 11 is 0. The molecule has 2 aliphatic heterocycles. The zero-order valence-electron chi connectivity index (χ0n) is 17.8. The maximum absolute atomic E-state index is 4.54. The zero-order chi connectivity index (χ0) is 19.4. The Morgan fingerprint density at radius 2 is 1.75 bits per heavy atom. The molecule has 1 aliphatic carbocycles. The lowest BCUT2D eigenvalue weighted by Crippen LogP contribution is -2.42. The molecule has 154 valence electrons. The molecule has 4 rings (SSSR count). The molecule has 5 nitrogen and oxygen atoms in total. The van der Waals surface area contributed by atoms with Crippen molar-refractivity contribution in [2.75, 3.05) is 53.4 Å². The third kappa shape index (κ3) is 4.69. The van der Waals surface area contributed by atoms with Crippen molar-refractivity contribution in [1.82, 2.24) is 20.0 Å². The Morgan fingerprint density at radius 3 is 2.43 bits per heavy atom. The summed E-state index contributed by atoms with van der Waals surface area (Å²) in [7, 11) is 4.14. The molecule has 1 aromatic carbocycles. The van der Waals surface area contributed by atoms with Crippen LogP contribution in [0.25, 0.3) is 0 Å². The van der Waals surface area contributed by atoms with Gasteiger partial charge in [-0.25, -0.2) is 0 Å². The molecule has 5 heteroatoms. The lowest BCUT2D eigenvalue weighted by Gasteiger charge is -2.38. The summed E-state index contributed by atoms with van der Waals surface area (Å²) in [5.74, 6) is 1.07. The van der Waals surface area contributed by atoms with Crippen LogP contribution in [0.15, 0.2) is 29.3 Å². The molecule has 0 aromatic heterocycles. The van der Waals surface area contributed by atoms with E-state index in [2.05, 4.69) is 56.3 Å². The second-order valence-corrected chi connectivity index (χ2v) is 9.18. The summed E-state index contributed by atoms with van der Waals surface area (Å²) in [5, 5.41) is 3.59. The van der Waals surface area contributed by atoms with Crippen molar-refractivity contribution in [3.05, 3.63) is 35.4 Å². The van der Waals surface area contributed by atoms with Gasteiger partial charge in [0, 0.05) is 46.3 Å². The van der Waals surface area contributed by atoms with Crippen LogP contribution in [-0.4, -0.2) is 74.0 Å². The quantitative estimate of drug-likeness (QED) is 0.640. The topological polar surface area (TPSA) is 34.1 Å². The zero-order valence-corrected chi connectivity index (χ0v) is 17.8. The number of hydrogen-bond acceptors (Lipinski definition) is 3. The van der Waals surface area contributed by atoms with Crippen LogP contribution in [0.2, 0.25) is 0 Å². The molecule has 0 bridgehead atoms. The summed E-state index contributed by atoms with van der Waals surface area (Å²) in [6, 6.07) is 9.15. The Labute approximate surface area is 170 Å². The molecule has 3 aliphatic rings. The highest BCUT2D eigenvalue weighted by molar-refractivity contribution is 5.80. The van der Waals surface area contributed by atoms with Crippen LogP contribution in [0.1, 0.15) is 43.2 Å². The fraction of sp³-hybridized carbons (Fsp3) is 0.696. The van der Waals surface area contributed by atoms with Gasteiger partial charge in [0.25, 0.3) is 0 Å². The van der Waals surface area contributed by atoms with E-state index in [0.717, 1.165) is 25.6 Å². The Balaban J connectivity index is 1.26. The van der Waals surface area contributed by atoms with Gasteiger partial charge >= 0.3 is 0 Å². The van der Waals surface area contributed by atoms with E-state index in [-0.39, 0.29) is 0 Å². The number of hydrogen-bond donors (Lipinski definition) is 1. The number of aliphatic imine (C=N–C) groups is 1. The van der Waals surface area contributed by atoms with Crippen LogP contribution in [-0.2, 0) is 13.1 Å². The SMILES string of the molecule is CN=C(NCc1ccc(CN2CCCN(C)CC2)cc1)N1CCC2(CCC2)C1. The maximum atomic E-state index is 4.54. The van der Waals surface area contributed by atoms with Gasteiger partial charge < -0.3 is 15.1 Å². The third-order valence-electron chi connectivity index (χ3n) is 7.06. The highest BCUT2D eigenvalue weighted by atomic mass is 15.3. The molecule has 2 saturated heterocycles. The highest BCUT2D eigenvalue weighted by Gasteiger charge is 2.43.